The summed E-state index contributed by atoms with van der Waals surface area (Å²) in [6.45, 7) is 2.98. The molecule has 0 unspecified atom stereocenters. The van der Waals surface area contributed by atoms with Gasteiger partial charge in [-0.25, -0.2) is 0 Å². The van der Waals surface area contributed by atoms with Gasteiger partial charge in [0, 0.05) is 31.6 Å². The van der Waals surface area contributed by atoms with E-state index in [4.69, 9.17) is 10.3 Å². The summed E-state index contributed by atoms with van der Waals surface area (Å²) in [5.41, 5.74) is 7.86. The van der Waals surface area contributed by atoms with E-state index in [2.05, 4.69) is 15.5 Å². The van der Waals surface area contributed by atoms with Crippen molar-refractivity contribution in [2.45, 2.75) is 26.2 Å². The molecule has 0 bridgehead atoms. The smallest absolute Gasteiger partial charge is 0.239 e. The minimum atomic E-state index is -0.316. The van der Waals surface area contributed by atoms with Crippen LogP contribution in [0.25, 0.3) is 11.1 Å². The predicted octanol–water partition coefficient (Wildman–Crippen LogP) is 2.55. The van der Waals surface area contributed by atoms with Crippen LogP contribution in [0, 0.1) is 0 Å². The molecule has 146 valence electrons. The van der Waals surface area contributed by atoms with Crippen molar-refractivity contribution in [1.82, 2.24) is 10.1 Å². The quantitative estimate of drug-likeness (QED) is 0.798. The van der Waals surface area contributed by atoms with Crippen molar-refractivity contribution in [3.63, 3.8) is 0 Å². The molecule has 3 N–H and O–H groups in total. The highest BCUT2D eigenvalue weighted by atomic mass is 16.5. The van der Waals surface area contributed by atoms with Gasteiger partial charge in [0.2, 0.25) is 17.7 Å². The molecule has 0 saturated carbocycles. The molecule has 0 atom stereocenters. The Hall–Kier alpha value is -3.42. The lowest BCUT2D eigenvalue weighted by molar-refractivity contribution is -0.129. The Morgan fingerprint density at radius 2 is 2.07 bits per heavy atom. The van der Waals surface area contributed by atoms with Crippen molar-refractivity contribution in [3.05, 3.63) is 48.3 Å². The highest BCUT2D eigenvalue weighted by molar-refractivity contribution is 6.05. The molecule has 0 spiro atoms. The summed E-state index contributed by atoms with van der Waals surface area (Å²) in [5, 5.41) is 6.45. The molecular weight excluding hydrogens is 358 g/mol. The zero-order valence-corrected chi connectivity index (χ0v) is 15.7. The van der Waals surface area contributed by atoms with Crippen LogP contribution in [0.1, 0.15) is 26.2 Å². The van der Waals surface area contributed by atoms with Crippen molar-refractivity contribution < 1.29 is 14.1 Å². The molecule has 1 aliphatic heterocycles. The second-order valence-electron chi connectivity index (χ2n) is 6.51. The van der Waals surface area contributed by atoms with Crippen LogP contribution in [-0.2, 0) is 9.59 Å². The number of amidine groups is 1. The van der Waals surface area contributed by atoms with E-state index in [0.717, 1.165) is 12.0 Å². The summed E-state index contributed by atoms with van der Waals surface area (Å²) < 4.78 is 5.16. The fraction of sp³-hybridized carbons (Fsp3) is 0.300. The van der Waals surface area contributed by atoms with Gasteiger partial charge in [-0.05, 0) is 25.0 Å². The lowest BCUT2D eigenvalue weighted by Crippen LogP contribution is -2.40. The summed E-state index contributed by atoms with van der Waals surface area (Å²) in [7, 11) is 0. The van der Waals surface area contributed by atoms with Gasteiger partial charge in [-0.3, -0.25) is 24.8 Å². The van der Waals surface area contributed by atoms with E-state index in [1.54, 1.807) is 24.1 Å². The van der Waals surface area contributed by atoms with Gasteiger partial charge in [0.1, 0.15) is 5.84 Å². The molecule has 0 saturated heterocycles. The zero-order chi connectivity index (χ0) is 19.9. The Balaban J connectivity index is 1.59. The van der Waals surface area contributed by atoms with Crippen LogP contribution in [0.3, 0.4) is 0 Å². The van der Waals surface area contributed by atoms with Crippen molar-refractivity contribution in [2.75, 3.05) is 18.4 Å². The molecule has 8 heteroatoms. The van der Waals surface area contributed by atoms with Crippen LogP contribution in [0.2, 0.25) is 0 Å². The van der Waals surface area contributed by atoms with Crippen LogP contribution < -0.4 is 11.1 Å². The summed E-state index contributed by atoms with van der Waals surface area (Å²) >= 11 is 0. The second kappa shape index (κ2) is 8.98. The van der Waals surface area contributed by atoms with Crippen molar-refractivity contribution in [1.29, 1.82) is 0 Å². The van der Waals surface area contributed by atoms with Crippen LogP contribution >= 0.6 is 0 Å². The van der Waals surface area contributed by atoms with E-state index in [9.17, 15) is 9.59 Å². The largest absolute Gasteiger partial charge is 0.402 e. The van der Waals surface area contributed by atoms with Gasteiger partial charge >= 0.3 is 0 Å². The average molecular weight is 381 g/mol. The molecule has 3 rings (SSSR count). The molecule has 1 aromatic heterocycles. The van der Waals surface area contributed by atoms with Gasteiger partial charge in [-0.1, -0.05) is 35.5 Å². The minimum absolute atomic E-state index is 0.0306. The van der Waals surface area contributed by atoms with Gasteiger partial charge in [0.15, 0.2) is 0 Å². The zero-order valence-electron chi connectivity index (χ0n) is 15.7. The summed E-state index contributed by atoms with van der Waals surface area (Å²) in [4.78, 5) is 30.8. The molecule has 0 aliphatic carbocycles. The molecule has 1 aromatic carbocycles. The minimum Gasteiger partial charge on any atom is -0.402 e. The Morgan fingerprint density at radius 3 is 2.82 bits per heavy atom. The lowest BCUT2D eigenvalue weighted by atomic mass is 10.1. The highest BCUT2D eigenvalue weighted by Crippen LogP contribution is 2.27. The number of aliphatic imine (C=N–C) groups is 1. The van der Waals surface area contributed by atoms with Crippen molar-refractivity contribution >= 4 is 23.5 Å². The Bertz CT molecular complexity index is 898. The van der Waals surface area contributed by atoms with Crippen LogP contribution in [-0.4, -0.2) is 40.8 Å². The Labute approximate surface area is 163 Å². The lowest BCUT2D eigenvalue weighted by Gasteiger charge is -2.26. The van der Waals surface area contributed by atoms with Gasteiger partial charge in [-0.2, -0.15) is 0 Å². The third-order valence-corrected chi connectivity index (χ3v) is 4.22. The maximum absolute atomic E-state index is 12.5. The number of nitrogens with one attached hydrogen (secondary N) is 1. The first-order chi connectivity index (χ1) is 13.5. The standard InChI is InChI=1S/C20H23N5O3/c1-14(21)12-17-22-10-5-11-25(17)19(27)9-8-18(26)24-20-16(13-23-28-20)15-6-3-2-4-7-15/h2-4,6-7,12-13H,5,8-11,21H2,1H3,(H,24,26). The summed E-state index contributed by atoms with van der Waals surface area (Å²) in [6.07, 6.45) is 4.11. The number of carbonyl (C=O) groups is 2. The molecule has 2 heterocycles. The SMILES string of the molecule is CC(N)=CC1=NCCCN1C(=O)CCC(=O)Nc1oncc1-c1ccccc1. The number of nitrogens with zero attached hydrogens (tertiary/aromatic N) is 3. The number of carbonyl (C=O) groups excluding carboxylic acids is 2. The monoisotopic (exact) mass is 381 g/mol. The fourth-order valence-corrected chi connectivity index (χ4v) is 2.90. The van der Waals surface area contributed by atoms with Gasteiger partial charge < -0.3 is 10.3 Å². The highest BCUT2D eigenvalue weighted by Gasteiger charge is 2.22. The molecule has 0 radical (unpaired) electrons. The van der Waals surface area contributed by atoms with Crippen molar-refractivity contribution in [2.24, 2.45) is 10.7 Å². The number of anilines is 1. The third-order valence-electron chi connectivity index (χ3n) is 4.22. The fourth-order valence-electron chi connectivity index (χ4n) is 2.90. The molecule has 2 aromatic rings. The maximum atomic E-state index is 12.5. The molecule has 8 nitrogen and oxygen atoms in total. The van der Waals surface area contributed by atoms with E-state index in [1.807, 2.05) is 30.3 Å². The number of allylic oxidation sites excluding steroid dienone is 1. The average Bonchev–Trinajstić information content (AvgIpc) is 3.15. The van der Waals surface area contributed by atoms with E-state index in [-0.39, 0.29) is 30.5 Å². The number of amides is 2. The number of aromatic nitrogens is 1. The summed E-state index contributed by atoms with van der Waals surface area (Å²) in [6, 6.07) is 9.48. The van der Waals surface area contributed by atoms with Gasteiger partial charge in [0.25, 0.3) is 0 Å². The molecule has 1 aliphatic rings. The van der Waals surface area contributed by atoms with E-state index in [0.29, 0.717) is 30.2 Å². The van der Waals surface area contributed by atoms with Crippen LogP contribution in [0.5, 0.6) is 0 Å². The molecule has 28 heavy (non-hydrogen) atoms. The maximum Gasteiger partial charge on any atom is 0.239 e. The molecular formula is C20H23N5O3. The van der Waals surface area contributed by atoms with E-state index in [1.165, 1.54) is 0 Å². The normalized spacial score (nSPS) is 14.5. The van der Waals surface area contributed by atoms with Gasteiger partial charge in [-0.15, -0.1) is 0 Å². The van der Waals surface area contributed by atoms with Crippen LogP contribution in [0.15, 0.2) is 57.8 Å². The van der Waals surface area contributed by atoms with Gasteiger partial charge in [0.05, 0.1) is 11.8 Å². The number of nitrogens with two attached hydrogens (primary N) is 1. The molecule has 2 amide bonds. The number of hydrogen-bond donors (Lipinski definition) is 2. The Morgan fingerprint density at radius 1 is 1.29 bits per heavy atom. The van der Waals surface area contributed by atoms with Crippen LogP contribution in [0.4, 0.5) is 5.88 Å². The topological polar surface area (TPSA) is 114 Å². The van der Waals surface area contributed by atoms with E-state index < -0.39 is 0 Å². The Kier molecular flexibility index (Phi) is 6.21. The molecule has 0 fully saturated rings. The predicted molar refractivity (Wildman–Crippen MR) is 106 cm³/mol. The first kappa shape index (κ1) is 19.3. The third kappa shape index (κ3) is 4.85. The second-order valence-corrected chi connectivity index (χ2v) is 6.51. The van der Waals surface area contributed by atoms with Crippen molar-refractivity contribution in [3.8, 4) is 11.1 Å². The summed E-state index contributed by atoms with van der Waals surface area (Å²) in [5.74, 6) is 0.346. The number of rotatable bonds is 6. The first-order valence-corrected chi connectivity index (χ1v) is 9.13. The number of hydrogen-bond acceptors (Lipinski definition) is 6. The first-order valence-electron chi connectivity index (χ1n) is 9.13. The van der Waals surface area contributed by atoms with E-state index >= 15 is 0 Å². The number of benzene rings is 1.